The van der Waals surface area contributed by atoms with Crippen LogP contribution in [0.3, 0.4) is 0 Å². The molecule has 1 atom stereocenters. The van der Waals surface area contributed by atoms with Gasteiger partial charge in [0.05, 0.1) is 14.2 Å². The Morgan fingerprint density at radius 3 is 2.65 bits per heavy atom. The molecule has 1 aromatic carbocycles. The topological polar surface area (TPSA) is 120 Å². The molecule has 0 saturated carbocycles. The number of nitrogens with zero attached hydrogens (tertiary/aromatic N) is 1. The Balaban J connectivity index is 2.26. The molecule has 2 heterocycles. The maximum atomic E-state index is 12.4. The number of rotatable bonds is 5. The van der Waals surface area contributed by atoms with Gasteiger partial charge in [-0.05, 0) is 6.07 Å². The number of aromatic hydroxyl groups is 1. The SMILES string of the molecule is C=CCn1c(O)c(C2OC(=O)c3c2ccc(OC)c3OC)c(=O)[nH]c1=O. The van der Waals surface area contributed by atoms with Crippen molar-refractivity contribution in [1.29, 1.82) is 0 Å². The van der Waals surface area contributed by atoms with E-state index < -0.39 is 29.2 Å². The maximum absolute atomic E-state index is 12.4. The second-order valence-corrected chi connectivity index (χ2v) is 5.45. The molecule has 3 rings (SSSR count). The van der Waals surface area contributed by atoms with Crippen LogP contribution in [0, 0.1) is 0 Å². The van der Waals surface area contributed by atoms with Crippen LogP contribution in [0.4, 0.5) is 0 Å². The quantitative estimate of drug-likeness (QED) is 0.595. The number of hydrogen-bond donors (Lipinski definition) is 2. The van der Waals surface area contributed by atoms with Crippen molar-refractivity contribution in [1.82, 2.24) is 9.55 Å². The van der Waals surface area contributed by atoms with E-state index in [1.54, 1.807) is 6.07 Å². The van der Waals surface area contributed by atoms with Crippen LogP contribution in [0.2, 0.25) is 0 Å². The third-order valence-electron chi connectivity index (χ3n) is 4.07. The third-order valence-corrected chi connectivity index (χ3v) is 4.07. The Hall–Kier alpha value is -3.49. The molecule has 0 saturated heterocycles. The van der Waals surface area contributed by atoms with Crippen LogP contribution < -0.4 is 20.7 Å². The first-order valence-corrected chi connectivity index (χ1v) is 7.57. The van der Waals surface area contributed by atoms with Crippen LogP contribution in [0.15, 0.2) is 34.4 Å². The number of ether oxygens (including phenoxy) is 3. The van der Waals surface area contributed by atoms with E-state index in [1.165, 1.54) is 26.4 Å². The van der Waals surface area contributed by atoms with Crippen LogP contribution in [-0.4, -0.2) is 34.8 Å². The fourth-order valence-electron chi connectivity index (χ4n) is 2.92. The molecule has 2 N–H and O–H groups in total. The number of carbonyl (C=O) groups is 1. The molecule has 9 heteroatoms. The standard InChI is InChI=1S/C17H16N2O7/c1-4-7-19-15(21)11(14(20)18-17(19)23)12-8-5-6-9(24-2)13(25-3)10(8)16(22)26-12/h4-6,12,21H,1,7H2,2-3H3,(H,18,20,23). The van der Waals surface area contributed by atoms with Crippen molar-refractivity contribution >= 4 is 5.97 Å². The summed E-state index contributed by atoms with van der Waals surface area (Å²) in [6.45, 7) is 3.47. The summed E-state index contributed by atoms with van der Waals surface area (Å²) in [6, 6.07) is 3.09. The summed E-state index contributed by atoms with van der Waals surface area (Å²) in [6.07, 6.45) is 0.184. The van der Waals surface area contributed by atoms with Crippen LogP contribution in [-0.2, 0) is 11.3 Å². The molecule has 0 amide bonds. The molecule has 136 valence electrons. The lowest BCUT2D eigenvalue weighted by molar-refractivity contribution is 0.0446. The fraction of sp³-hybridized carbons (Fsp3) is 0.235. The number of allylic oxidation sites excluding steroid dienone is 1. The number of carbonyl (C=O) groups excluding carboxylic acids is 1. The Kier molecular flexibility index (Phi) is 4.29. The smallest absolute Gasteiger partial charge is 0.343 e. The van der Waals surface area contributed by atoms with E-state index in [4.69, 9.17) is 14.2 Å². The molecule has 2 aromatic rings. The maximum Gasteiger partial charge on any atom is 0.343 e. The highest BCUT2D eigenvalue weighted by atomic mass is 16.6. The van der Waals surface area contributed by atoms with Gasteiger partial charge in [-0.3, -0.25) is 14.3 Å². The van der Waals surface area contributed by atoms with Crippen LogP contribution in [0.25, 0.3) is 0 Å². The largest absolute Gasteiger partial charge is 0.494 e. The van der Waals surface area contributed by atoms with Gasteiger partial charge in [0.2, 0.25) is 5.88 Å². The van der Waals surface area contributed by atoms with Crippen LogP contribution >= 0.6 is 0 Å². The van der Waals surface area contributed by atoms with Gasteiger partial charge in [0.1, 0.15) is 11.1 Å². The molecule has 1 unspecified atom stereocenters. The number of hydrogen-bond acceptors (Lipinski definition) is 7. The molecule has 0 bridgehead atoms. The van der Waals surface area contributed by atoms with Crippen molar-refractivity contribution in [2.24, 2.45) is 0 Å². The Morgan fingerprint density at radius 2 is 2.04 bits per heavy atom. The van der Waals surface area contributed by atoms with E-state index in [2.05, 4.69) is 11.6 Å². The van der Waals surface area contributed by atoms with Crippen molar-refractivity contribution in [3.8, 4) is 17.4 Å². The highest BCUT2D eigenvalue weighted by Gasteiger charge is 2.40. The lowest BCUT2D eigenvalue weighted by Crippen LogP contribution is -2.33. The zero-order valence-corrected chi connectivity index (χ0v) is 14.1. The number of aromatic nitrogens is 2. The van der Waals surface area contributed by atoms with Gasteiger partial charge in [0.25, 0.3) is 5.56 Å². The summed E-state index contributed by atoms with van der Waals surface area (Å²) < 4.78 is 16.6. The molecule has 0 aliphatic carbocycles. The van der Waals surface area contributed by atoms with Gasteiger partial charge in [-0.25, -0.2) is 9.59 Å². The second-order valence-electron chi connectivity index (χ2n) is 5.45. The average molecular weight is 360 g/mol. The summed E-state index contributed by atoms with van der Waals surface area (Å²) in [5.41, 5.74) is -1.50. The Labute approximate surface area is 147 Å². The molecular weight excluding hydrogens is 344 g/mol. The summed E-state index contributed by atoms with van der Waals surface area (Å²) in [5.74, 6) is -0.855. The zero-order chi connectivity index (χ0) is 19.0. The molecule has 1 aliphatic rings. The summed E-state index contributed by atoms with van der Waals surface area (Å²) in [5, 5.41) is 10.4. The predicted octanol–water partition coefficient (Wildman–Crippen LogP) is 0.705. The number of esters is 1. The number of nitrogens with one attached hydrogen (secondary N) is 1. The van der Waals surface area contributed by atoms with Crippen molar-refractivity contribution in [3.63, 3.8) is 0 Å². The minimum absolute atomic E-state index is 0.0338. The minimum atomic E-state index is -1.20. The third kappa shape index (κ3) is 2.44. The lowest BCUT2D eigenvalue weighted by atomic mass is 9.99. The zero-order valence-electron chi connectivity index (χ0n) is 14.1. The molecular formula is C17H16N2O7. The van der Waals surface area contributed by atoms with Gasteiger partial charge < -0.3 is 19.3 Å². The second kappa shape index (κ2) is 6.43. The van der Waals surface area contributed by atoms with Crippen molar-refractivity contribution in [2.75, 3.05) is 14.2 Å². The normalized spacial score (nSPS) is 15.3. The van der Waals surface area contributed by atoms with Crippen LogP contribution in [0.5, 0.6) is 17.4 Å². The van der Waals surface area contributed by atoms with Crippen molar-refractivity contribution < 1.29 is 24.1 Å². The monoisotopic (exact) mass is 360 g/mol. The first-order chi connectivity index (χ1) is 12.4. The van der Waals surface area contributed by atoms with E-state index in [-0.39, 0.29) is 23.4 Å². The number of cyclic esters (lactones) is 1. The molecule has 0 spiro atoms. The van der Waals surface area contributed by atoms with Gasteiger partial charge in [-0.2, -0.15) is 0 Å². The van der Waals surface area contributed by atoms with E-state index in [9.17, 15) is 19.5 Å². The first kappa shape index (κ1) is 17.3. The summed E-state index contributed by atoms with van der Waals surface area (Å²) in [4.78, 5) is 38.6. The first-order valence-electron chi connectivity index (χ1n) is 7.57. The molecule has 26 heavy (non-hydrogen) atoms. The minimum Gasteiger partial charge on any atom is -0.494 e. The molecule has 9 nitrogen and oxygen atoms in total. The molecule has 0 radical (unpaired) electrons. The summed E-state index contributed by atoms with van der Waals surface area (Å²) >= 11 is 0. The Bertz CT molecular complexity index is 1020. The predicted molar refractivity (Wildman–Crippen MR) is 90.0 cm³/mol. The molecule has 1 aromatic heterocycles. The van der Waals surface area contributed by atoms with Gasteiger partial charge in [0, 0.05) is 12.1 Å². The van der Waals surface area contributed by atoms with Gasteiger partial charge in [-0.1, -0.05) is 12.1 Å². The van der Waals surface area contributed by atoms with E-state index in [1.807, 2.05) is 0 Å². The molecule has 1 aliphatic heterocycles. The number of H-pyrrole nitrogens is 1. The van der Waals surface area contributed by atoms with E-state index in [0.717, 1.165) is 4.57 Å². The number of aromatic amines is 1. The summed E-state index contributed by atoms with van der Waals surface area (Å²) in [7, 11) is 2.79. The fourth-order valence-corrected chi connectivity index (χ4v) is 2.92. The van der Waals surface area contributed by atoms with Gasteiger partial charge in [-0.15, -0.1) is 6.58 Å². The molecule has 0 fully saturated rings. The van der Waals surface area contributed by atoms with Crippen molar-refractivity contribution in [3.05, 3.63) is 62.3 Å². The van der Waals surface area contributed by atoms with Gasteiger partial charge in [0.15, 0.2) is 17.6 Å². The number of benzene rings is 1. The Morgan fingerprint density at radius 1 is 1.31 bits per heavy atom. The van der Waals surface area contributed by atoms with E-state index >= 15 is 0 Å². The van der Waals surface area contributed by atoms with Crippen molar-refractivity contribution in [2.45, 2.75) is 12.6 Å². The lowest BCUT2D eigenvalue weighted by Gasteiger charge is -2.15. The van der Waals surface area contributed by atoms with Gasteiger partial charge >= 0.3 is 11.7 Å². The highest BCUT2D eigenvalue weighted by Crippen LogP contribution is 2.44. The highest BCUT2D eigenvalue weighted by molar-refractivity contribution is 5.98. The van der Waals surface area contributed by atoms with Crippen LogP contribution in [0.1, 0.15) is 27.6 Å². The number of methoxy groups -OCH3 is 2. The number of fused-ring (bicyclic) bond motifs is 1. The van der Waals surface area contributed by atoms with E-state index in [0.29, 0.717) is 11.3 Å². The average Bonchev–Trinajstić information content (AvgIpc) is 2.94.